The van der Waals surface area contributed by atoms with Gasteiger partial charge in [0.1, 0.15) is 18.2 Å². The minimum absolute atomic E-state index is 0.176. The molecule has 0 amide bonds. The number of benzene rings is 2. The Hall–Kier alpha value is -2.41. The Morgan fingerprint density at radius 2 is 1.88 bits per heavy atom. The van der Waals surface area contributed by atoms with Crippen LogP contribution in [-0.2, 0) is 24.5 Å². The number of para-hydroxylation sites is 3. The van der Waals surface area contributed by atoms with Crippen LogP contribution in [0, 0.1) is 0 Å². The summed E-state index contributed by atoms with van der Waals surface area (Å²) in [6, 6.07) is 15.2. The molecule has 0 spiro atoms. The molecule has 0 fully saturated rings. The highest BCUT2D eigenvalue weighted by Gasteiger charge is 2.14. The number of nitrogens with zero attached hydrogens (tertiary/aromatic N) is 2. The van der Waals surface area contributed by atoms with Crippen LogP contribution < -0.4 is 4.74 Å². The van der Waals surface area contributed by atoms with Gasteiger partial charge in [0.05, 0.1) is 44.0 Å². The smallest absolute Gasteiger partial charge is 0.135 e. The molecule has 1 unspecified atom stereocenters. The molecule has 2 N–H and O–H groups in total. The highest BCUT2D eigenvalue weighted by atomic mass is 16.5. The van der Waals surface area contributed by atoms with Crippen LogP contribution in [0.3, 0.4) is 0 Å². The van der Waals surface area contributed by atoms with E-state index in [1.807, 2.05) is 53.1 Å². The summed E-state index contributed by atoms with van der Waals surface area (Å²) in [5, 5.41) is 19.8. The van der Waals surface area contributed by atoms with Gasteiger partial charge in [0, 0.05) is 5.56 Å². The van der Waals surface area contributed by atoms with Crippen molar-refractivity contribution >= 4 is 11.0 Å². The van der Waals surface area contributed by atoms with E-state index in [1.54, 1.807) is 7.11 Å². The van der Waals surface area contributed by atoms with E-state index in [0.717, 1.165) is 22.3 Å². The third kappa shape index (κ3) is 3.99. The minimum Gasteiger partial charge on any atom is -0.496 e. The maximum Gasteiger partial charge on any atom is 0.135 e. The van der Waals surface area contributed by atoms with Gasteiger partial charge in [-0.1, -0.05) is 30.3 Å². The second kappa shape index (κ2) is 8.11. The average Bonchev–Trinajstić information content (AvgIpc) is 3.00. The maximum atomic E-state index is 10.3. The predicted molar refractivity (Wildman–Crippen MR) is 94.3 cm³/mol. The van der Waals surface area contributed by atoms with Crippen LogP contribution in [0.1, 0.15) is 11.4 Å². The van der Waals surface area contributed by atoms with Crippen LogP contribution in [0.4, 0.5) is 0 Å². The fourth-order valence-corrected chi connectivity index (χ4v) is 2.84. The molecule has 6 nitrogen and oxygen atoms in total. The van der Waals surface area contributed by atoms with E-state index in [4.69, 9.17) is 9.47 Å². The van der Waals surface area contributed by atoms with Gasteiger partial charge in [-0.25, -0.2) is 4.98 Å². The Labute approximate surface area is 146 Å². The van der Waals surface area contributed by atoms with Gasteiger partial charge in [-0.3, -0.25) is 0 Å². The van der Waals surface area contributed by atoms with Crippen molar-refractivity contribution in [2.24, 2.45) is 0 Å². The zero-order chi connectivity index (χ0) is 17.6. The minimum atomic E-state index is -0.711. The zero-order valence-corrected chi connectivity index (χ0v) is 14.1. The lowest BCUT2D eigenvalue weighted by molar-refractivity contribution is 0.0195. The van der Waals surface area contributed by atoms with E-state index in [1.165, 1.54) is 0 Å². The first-order valence-corrected chi connectivity index (χ1v) is 8.15. The van der Waals surface area contributed by atoms with Gasteiger partial charge in [-0.05, 0) is 18.2 Å². The molecule has 0 bridgehead atoms. The lowest BCUT2D eigenvalue weighted by Crippen LogP contribution is -2.23. The molecule has 0 saturated carbocycles. The fourth-order valence-electron chi connectivity index (χ4n) is 2.84. The molecule has 25 heavy (non-hydrogen) atoms. The summed E-state index contributed by atoms with van der Waals surface area (Å²) in [5.41, 5.74) is 2.62. The third-order valence-corrected chi connectivity index (χ3v) is 4.03. The predicted octanol–water partition coefficient (Wildman–Crippen LogP) is 2.11. The SMILES string of the molecule is COc1ccccc1COCC(O)Cn1c(CO)nc2ccccc21. The van der Waals surface area contributed by atoms with E-state index in [0.29, 0.717) is 19.0 Å². The largest absolute Gasteiger partial charge is 0.496 e. The number of ether oxygens (including phenoxy) is 2. The average molecular weight is 342 g/mol. The Kier molecular flexibility index (Phi) is 5.65. The summed E-state index contributed by atoms with van der Waals surface area (Å²) in [5.74, 6) is 1.30. The second-order valence-corrected chi connectivity index (χ2v) is 5.77. The first-order chi connectivity index (χ1) is 12.2. The Balaban J connectivity index is 1.62. The van der Waals surface area contributed by atoms with Crippen molar-refractivity contribution in [2.45, 2.75) is 25.9 Å². The van der Waals surface area contributed by atoms with Crippen LogP contribution in [0.2, 0.25) is 0 Å². The first kappa shape index (κ1) is 17.4. The summed E-state index contributed by atoms with van der Waals surface area (Å²) in [4.78, 5) is 4.38. The molecule has 0 aliphatic rings. The molecule has 1 heterocycles. The fraction of sp³-hybridized carbons (Fsp3) is 0.316. The number of hydrogen-bond acceptors (Lipinski definition) is 5. The molecular weight excluding hydrogens is 320 g/mol. The molecule has 0 aliphatic carbocycles. The molecule has 0 saturated heterocycles. The zero-order valence-electron chi connectivity index (χ0n) is 14.1. The van der Waals surface area contributed by atoms with Gasteiger partial charge in [-0.2, -0.15) is 0 Å². The first-order valence-electron chi connectivity index (χ1n) is 8.15. The normalized spacial score (nSPS) is 12.4. The van der Waals surface area contributed by atoms with E-state index in [-0.39, 0.29) is 13.2 Å². The van der Waals surface area contributed by atoms with Crippen molar-refractivity contribution in [1.29, 1.82) is 0 Å². The molecular formula is C19H22N2O4. The quantitative estimate of drug-likeness (QED) is 0.656. The second-order valence-electron chi connectivity index (χ2n) is 5.77. The molecule has 3 aromatic rings. The molecule has 6 heteroatoms. The third-order valence-electron chi connectivity index (χ3n) is 4.03. The van der Waals surface area contributed by atoms with Gasteiger partial charge in [0.2, 0.25) is 0 Å². The van der Waals surface area contributed by atoms with E-state index < -0.39 is 6.10 Å². The highest BCUT2D eigenvalue weighted by Crippen LogP contribution is 2.19. The summed E-state index contributed by atoms with van der Waals surface area (Å²) in [6.45, 7) is 0.667. The number of aromatic nitrogens is 2. The van der Waals surface area contributed by atoms with Crippen LogP contribution in [0.5, 0.6) is 5.75 Å². The lowest BCUT2D eigenvalue weighted by atomic mass is 10.2. The Morgan fingerprint density at radius 1 is 1.12 bits per heavy atom. The van der Waals surface area contributed by atoms with E-state index in [9.17, 15) is 10.2 Å². The molecule has 2 aromatic carbocycles. The summed E-state index contributed by atoms with van der Waals surface area (Å²) in [6.07, 6.45) is -0.711. The van der Waals surface area contributed by atoms with Crippen molar-refractivity contribution in [2.75, 3.05) is 13.7 Å². The molecule has 0 radical (unpaired) electrons. The van der Waals surface area contributed by atoms with Gasteiger partial charge in [-0.15, -0.1) is 0 Å². The topological polar surface area (TPSA) is 76.7 Å². The monoisotopic (exact) mass is 342 g/mol. The lowest BCUT2D eigenvalue weighted by Gasteiger charge is -2.15. The Bertz CT molecular complexity index is 831. The maximum absolute atomic E-state index is 10.3. The van der Waals surface area contributed by atoms with E-state index >= 15 is 0 Å². The van der Waals surface area contributed by atoms with Crippen LogP contribution in [0.15, 0.2) is 48.5 Å². The van der Waals surface area contributed by atoms with Crippen molar-refractivity contribution in [3.63, 3.8) is 0 Å². The number of hydrogen-bond donors (Lipinski definition) is 2. The van der Waals surface area contributed by atoms with E-state index in [2.05, 4.69) is 4.98 Å². The molecule has 3 rings (SSSR count). The number of aliphatic hydroxyl groups excluding tert-OH is 2. The van der Waals surface area contributed by atoms with Crippen LogP contribution in [-0.4, -0.2) is 39.6 Å². The van der Waals surface area contributed by atoms with Crippen molar-refractivity contribution in [3.8, 4) is 5.75 Å². The number of methoxy groups -OCH3 is 1. The highest BCUT2D eigenvalue weighted by molar-refractivity contribution is 5.75. The number of rotatable bonds is 8. The molecule has 1 aromatic heterocycles. The van der Waals surface area contributed by atoms with Gasteiger partial charge < -0.3 is 24.3 Å². The number of fused-ring (bicyclic) bond motifs is 1. The summed E-state index contributed by atoms with van der Waals surface area (Å²) in [7, 11) is 1.62. The number of aliphatic hydroxyl groups is 2. The number of imidazole rings is 1. The van der Waals surface area contributed by atoms with Crippen molar-refractivity contribution in [1.82, 2.24) is 9.55 Å². The van der Waals surface area contributed by atoms with Gasteiger partial charge in [0.25, 0.3) is 0 Å². The van der Waals surface area contributed by atoms with Crippen LogP contribution in [0.25, 0.3) is 11.0 Å². The molecule has 1 atom stereocenters. The molecule has 0 aliphatic heterocycles. The van der Waals surface area contributed by atoms with Gasteiger partial charge >= 0.3 is 0 Å². The standard InChI is InChI=1S/C19H22N2O4/c1-24-18-9-5-2-6-14(18)12-25-13-15(23)10-21-17-8-4-3-7-16(17)20-19(21)11-22/h2-9,15,22-23H,10-13H2,1H3. The summed E-state index contributed by atoms with van der Waals surface area (Å²) < 4.78 is 12.7. The molecule has 132 valence electrons. The van der Waals surface area contributed by atoms with Gasteiger partial charge in [0.15, 0.2) is 0 Å². The summed E-state index contributed by atoms with van der Waals surface area (Å²) >= 11 is 0. The Morgan fingerprint density at radius 3 is 2.68 bits per heavy atom. The van der Waals surface area contributed by atoms with Crippen molar-refractivity contribution in [3.05, 3.63) is 59.9 Å². The van der Waals surface area contributed by atoms with Crippen molar-refractivity contribution < 1.29 is 19.7 Å². The van der Waals surface area contributed by atoms with Crippen LogP contribution >= 0.6 is 0 Å².